The highest BCUT2D eigenvalue weighted by molar-refractivity contribution is 5.90. The molecule has 44 heavy (non-hydrogen) atoms. The molecule has 0 aromatic carbocycles. The third kappa shape index (κ3) is 4.76. The Balaban J connectivity index is 1.51. The molecule has 4 saturated carbocycles. The van der Waals surface area contributed by atoms with Crippen LogP contribution in [0.15, 0.2) is 0 Å². The van der Waals surface area contributed by atoms with Gasteiger partial charge in [-0.1, -0.05) is 34.6 Å². The molecule has 3 N–H and O–H groups in total. The molecule has 0 bridgehead atoms. The van der Waals surface area contributed by atoms with Crippen molar-refractivity contribution in [2.24, 2.45) is 39.4 Å². The SMILES string of the molecule is CC(=O)O[C@@H]1C[C@@H]2[C@@]3(C)CC[C@@H](OC(=O)CC(=O)O)C(C)(C)[C@@H]3CC[C@@]2(C)[C@]2(C)CC[C@@](O)([C@]3(C)CC[C@H](C(C)(C)O)O3)[C@H]12. The number of fused-ring (bicyclic) bond motifs is 5. The molecule has 9 heteroatoms. The molecule has 0 aromatic rings. The quantitative estimate of drug-likeness (QED) is 0.262. The predicted octanol–water partition coefficient (Wildman–Crippen LogP) is 5.42. The maximum absolute atomic E-state index is 12.9. The standard InChI is InChI=1S/C35H56O9/c1-20(36)42-21-18-23-31(6)13-11-24(43-27(39)19-26(37)38)29(2,3)22(31)10-14-32(23,7)33(8)16-17-35(41,28(21)33)34(9)15-12-25(44-34)30(4,5)40/h21-25,28,40-41H,10-19H2,1-9H3,(H,37,38)/t21-,22+,23-,24-,25-,28-,31+,32-,33-,34+,35+/m1/s1. The second-order valence-electron chi connectivity index (χ2n) is 17.2. The topological polar surface area (TPSA) is 140 Å². The molecule has 4 aliphatic carbocycles. The van der Waals surface area contributed by atoms with E-state index in [0.29, 0.717) is 32.1 Å². The van der Waals surface area contributed by atoms with Crippen LogP contribution in [0.5, 0.6) is 0 Å². The average Bonchev–Trinajstić information content (AvgIpc) is 3.42. The molecule has 250 valence electrons. The summed E-state index contributed by atoms with van der Waals surface area (Å²) in [6, 6.07) is 0. The fourth-order valence-electron chi connectivity index (χ4n) is 11.9. The first kappa shape index (κ1) is 33.6. The zero-order chi connectivity index (χ0) is 32.9. The monoisotopic (exact) mass is 620 g/mol. The number of hydrogen-bond donors (Lipinski definition) is 3. The van der Waals surface area contributed by atoms with Crippen LogP contribution in [-0.2, 0) is 28.6 Å². The van der Waals surface area contributed by atoms with Gasteiger partial charge in [0.2, 0.25) is 0 Å². The molecule has 5 fully saturated rings. The molecule has 5 rings (SSSR count). The third-order valence-corrected chi connectivity index (χ3v) is 14.2. The Labute approximate surface area is 262 Å². The Bertz CT molecular complexity index is 1190. The van der Waals surface area contributed by atoms with Gasteiger partial charge in [-0.3, -0.25) is 14.4 Å². The van der Waals surface area contributed by atoms with E-state index in [9.17, 15) is 24.6 Å². The smallest absolute Gasteiger partial charge is 0.317 e. The van der Waals surface area contributed by atoms with Gasteiger partial charge in [-0.15, -0.1) is 0 Å². The van der Waals surface area contributed by atoms with E-state index in [1.54, 1.807) is 13.8 Å². The van der Waals surface area contributed by atoms with Crippen molar-refractivity contribution in [1.82, 2.24) is 0 Å². The van der Waals surface area contributed by atoms with Gasteiger partial charge in [-0.05, 0) is 107 Å². The maximum atomic E-state index is 12.9. The van der Waals surface area contributed by atoms with Gasteiger partial charge in [0, 0.05) is 18.3 Å². The van der Waals surface area contributed by atoms with Gasteiger partial charge in [0.05, 0.1) is 17.3 Å². The minimum Gasteiger partial charge on any atom is -0.481 e. The van der Waals surface area contributed by atoms with Gasteiger partial charge in [0.25, 0.3) is 0 Å². The van der Waals surface area contributed by atoms with Crippen molar-refractivity contribution < 1.29 is 43.9 Å². The average molecular weight is 621 g/mol. The second-order valence-corrected chi connectivity index (χ2v) is 17.2. The third-order valence-electron chi connectivity index (χ3n) is 14.2. The Kier molecular flexibility index (Phi) is 7.95. The van der Waals surface area contributed by atoms with E-state index in [1.807, 2.05) is 6.92 Å². The summed E-state index contributed by atoms with van der Waals surface area (Å²) < 4.78 is 18.6. The van der Waals surface area contributed by atoms with Crippen LogP contribution in [-0.4, -0.2) is 68.3 Å². The lowest BCUT2D eigenvalue weighted by Crippen LogP contribution is -2.70. The summed E-state index contributed by atoms with van der Waals surface area (Å²) >= 11 is 0. The zero-order valence-corrected chi connectivity index (χ0v) is 28.3. The number of hydrogen-bond acceptors (Lipinski definition) is 8. The molecular weight excluding hydrogens is 564 g/mol. The molecule has 0 unspecified atom stereocenters. The number of rotatable bonds is 6. The van der Waals surface area contributed by atoms with E-state index in [4.69, 9.17) is 19.3 Å². The largest absolute Gasteiger partial charge is 0.481 e. The molecule has 9 nitrogen and oxygen atoms in total. The molecule has 5 aliphatic rings. The summed E-state index contributed by atoms with van der Waals surface area (Å²) in [5.41, 5.74) is -4.16. The van der Waals surface area contributed by atoms with E-state index in [-0.39, 0.29) is 57.6 Å². The van der Waals surface area contributed by atoms with Crippen LogP contribution in [0.2, 0.25) is 0 Å². The number of carbonyl (C=O) groups is 3. The van der Waals surface area contributed by atoms with Crippen LogP contribution in [0.3, 0.4) is 0 Å². The van der Waals surface area contributed by atoms with E-state index in [1.165, 1.54) is 6.92 Å². The number of aliphatic carboxylic acids is 1. The van der Waals surface area contributed by atoms with Gasteiger partial charge in [-0.25, -0.2) is 0 Å². The lowest BCUT2D eigenvalue weighted by molar-refractivity contribution is -0.280. The first-order chi connectivity index (χ1) is 20.0. The summed E-state index contributed by atoms with van der Waals surface area (Å²) in [5.74, 6) is -2.15. The zero-order valence-electron chi connectivity index (χ0n) is 28.3. The van der Waals surface area contributed by atoms with E-state index >= 15 is 0 Å². The van der Waals surface area contributed by atoms with Crippen LogP contribution in [0.25, 0.3) is 0 Å². The van der Waals surface area contributed by atoms with Crippen molar-refractivity contribution in [3.05, 3.63) is 0 Å². The lowest BCUT2D eigenvalue weighted by atomic mass is 9.35. The van der Waals surface area contributed by atoms with Gasteiger partial charge in [-0.2, -0.15) is 0 Å². The fourth-order valence-corrected chi connectivity index (χ4v) is 11.9. The van der Waals surface area contributed by atoms with E-state index in [2.05, 4.69) is 34.6 Å². The maximum Gasteiger partial charge on any atom is 0.317 e. The van der Waals surface area contributed by atoms with Crippen molar-refractivity contribution >= 4 is 17.9 Å². The number of aliphatic hydroxyl groups is 2. The summed E-state index contributed by atoms with van der Waals surface area (Å²) in [6.45, 7) is 18.3. The highest BCUT2D eigenvalue weighted by Gasteiger charge is 2.76. The summed E-state index contributed by atoms with van der Waals surface area (Å²) in [4.78, 5) is 36.2. The predicted molar refractivity (Wildman–Crippen MR) is 162 cm³/mol. The number of carbonyl (C=O) groups excluding carboxylic acids is 2. The van der Waals surface area contributed by atoms with Crippen LogP contribution in [0.1, 0.15) is 127 Å². The minimum atomic E-state index is -1.23. The molecule has 0 amide bonds. The number of carboxylic acids is 1. The van der Waals surface area contributed by atoms with Gasteiger partial charge in [0.15, 0.2) is 0 Å². The normalized spacial score (nSPS) is 48.1. The number of ether oxygens (including phenoxy) is 3. The molecular formula is C35H56O9. The van der Waals surface area contributed by atoms with Crippen LogP contribution >= 0.6 is 0 Å². The molecule has 1 aliphatic heterocycles. The van der Waals surface area contributed by atoms with Crippen molar-refractivity contribution in [2.75, 3.05) is 0 Å². The van der Waals surface area contributed by atoms with Gasteiger partial charge < -0.3 is 29.5 Å². The minimum absolute atomic E-state index is 0.140. The summed E-state index contributed by atoms with van der Waals surface area (Å²) in [6.07, 6.45) is 4.65. The molecule has 1 heterocycles. The van der Waals surface area contributed by atoms with Crippen molar-refractivity contribution in [1.29, 1.82) is 0 Å². The molecule has 0 spiro atoms. The molecule has 0 aromatic heterocycles. The summed E-state index contributed by atoms with van der Waals surface area (Å²) in [5, 5.41) is 32.8. The highest BCUT2D eigenvalue weighted by Crippen LogP contribution is 2.77. The summed E-state index contributed by atoms with van der Waals surface area (Å²) in [7, 11) is 0. The number of esters is 2. The second kappa shape index (κ2) is 10.4. The number of carboxylic acid groups (broad SMARTS) is 1. The van der Waals surface area contributed by atoms with Crippen LogP contribution in [0, 0.1) is 39.4 Å². The first-order valence-corrected chi connectivity index (χ1v) is 16.8. The first-order valence-electron chi connectivity index (χ1n) is 16.8. The Morgan fingerprint density at radius 3 is 2.09 bits per heavy atom. The van der Waals surface area contributed by atoms with Crippen LogP contribution in [0.4, 0.5) is 0 Å². The van der Waals surface area contributed by atoms with Crippen LogP contribution < -0.4 is 0 Å². The molecule has 0 radical (unpaired) electrons. The van der Waals surface area contributed by atoms with Crippen molar-refractivity contribution in [3.8, 4) is 0 Å². The molecule has 11 atom stereocenters. The van der Waals surface area contributed by atoms with Crippen molar-refractivity contribution in [3.63, 3.8) is 0 Å². The fraction of sp³-hybridized carbons (Fsp3) is 0.914. The van der Waals surface area contributed by atoms with Gasteiger partial charge >= 0.3 is 17.9 Å². The van der Waals surface area contributed by atoms with Gasteiger partial charge in [0.1, 0.15) is 24.2 Å². The Morgan fingerprint density at radius 1 is 0.864 bits per heavy atom. The Morgan fingerprint density at radius 2 is 1.52 bits per heavy atom. The lowest BCUT2D eigenvalue weighted by Gasteiger charge is -2.71. The highest BCUT2D eigenvalue weighted by atomic mass is 16.6. The Hall–Kier alpha value is -1.71. The van der Waals surface area contributed by atoms with E-state index < -0.39 is 41.3 Å². The molecule has 1 saturated heterocycles. The van der Waals surface area contributed by atoms with Crippen molar-refractivity contribution in [2.45, 2.75) is 162 Å². The van der Waals surface area contributed by atoms with E-state index in [0.717, 1.165) is 25.7 Å².